The zero-order valence-electron chi connectivity index (χ0n) is 14.2. The first kappa shape index (κ1) is 18.6. The molecule has 0 aliphatic carbocycles. The molecule has 140 valence electrons. The number of pyridine rings is 1. The summed E-state index contributed by atoms with van der Waals surface area (Å²) in [5.74, 6) is -2.58. The third-order valence-corrected chi connectivity index (χ3v) is 3.77. The van der Waals surface area contributed by atoms with E-state index in [1.807, 2.05) is 0 Å². The normalized spacial score (nSPS) is 11.5. The average Bonchev–Trinajstić information content (AvgIpc) is 2.97. The van der Waals surface area contributed by atoms with Gasteiger partial charge in [0, 0.05) is 11.8 Å². The molecule has 5 nitrogen and oxygen atoms in total. The van der Waals surface area contributed by atoms with Crippen molar-refractivity contribution < 1.29 is 26.8 Å². The lowest BCUT2D eigenvalue weighted by Gasteiger charge is -2.08. The van der Waals surface area contributed by atoms with Crippen molar-refractivity contribution in [2.75, 3.05) is 5.32 Å². The third-order valence-electron chi connectivity index (χ3n) is 3.77. The Morgan fingerprint density at radius 1 is 1.15 bits per heavy atom. The van der Waals surface area contributed by atoms with Crippen LogP contribution in [0.3, 0.4) is 0 Å². The van der Waals surface area contributed by atoms with Crippen LogP contribution in [0.15, 0.2) is 40.9 Å². The highest BCUT2D eigenvalue weighted by Gasteiger charge is 2.38. The fourth-order valence-corrected chi connectivity index (χ4v) is 2.49. The molecule has 27 heavy (non-hydrogen) atoms. The van der Waals surface area contributed by atoms with Crippen molar-refractivity contribution in [2.24, 2.45) is 0 Å². The maximum atomic E-state index is 13.8. The summed E-state index contributed by atoms with van der Waals surface area (Å²) in [5.41, 5.74) is 0.636. The van der Waals surface area contributed by atoms with Gasteiger partial charge in [-0.1, -0.05) is 12.1 Å². The van der Waals surface area contributed by atoms with E-state index >= 15 is 0 Å². The number of halogens is 4. The number of carbonyl (C=O) groups excluding carboxylic acids is 1. The number of anilines is 1. The van der Waals surface area contributed by atoms with E-state index in [4.69, 9.17) is 0 Å². The van der Waals surface area contributed by atoms with Gasteiger partial charge in [-0.25, -0.2) is 14.4 Å². The monoisotopic (exact) mass is 379 g/mol. The Bertz CT molecular complexity index is 975. The summed E-state index contributed by atoms with van der Waals surface area (Å²) in [6, 6.07) is 7.07. The van der Waals surface area contributed by atoms with Crippen LogP contribution in [0.5, 0.6) is 0 Å². The molecule has 0 aliphatic rings. The number of oxazole rings is 1. The van der Waals surface area contributed by atoms with E-state index in [2.05, 4.69) is 19.7 Å². The number of benzene rings is 1. The van der Waals surface area contributed by atoms with Crippen LogP contribution in [-0.2, 0) is 6.18 Å². The molecule has 9 heteroatoms. The van der Waals surface area contributed by atoms with Crippen molar-refractivity contribution in [3.63, 3.8) is 0 Å². The lowest BCUT2D eigenvalue weighted by Crippen LogP contribution is -2.16. The standard InChI is InChI=1S/C18H13F4N3O2/c1-9-4-3-5-12(19)14(9)16(26)24-13-7-6-11(8-23-13)15-10(2)27-17(25-15)18(20,21)22/h3-8H,1-2H3,(H,23,24,26). The van der Waals surface area contributed by atoms with E-state index in [0.717, 1.165) is 0 Å². The minimum Gasteiger partial charge on any atom is -0.438 e. The van der Waals surface area contributed by atoms with Crippen LogP contribution < -0.4 is 5.32 Å². The number of nitrogens with one attached hydrogen (secondary N) is 1. The molecule has 0 saturated heterocycles. The van der Waals surface area contributed by atoms with Gasteiger partial charge in [0.15, 0.2) is 0 Å². The summed E-state index contributed by atoms with van der Waals surface area (Å²) in [7, 11) is 0. The van der Waals surface area contributed by atoms with Crippen molar-refractivity contribution in [1.82, 2.24) is 9.97 Å². The lowest BCUT2D eigenvalue weighted by molar-refractivity contribution is -0.157. The summed E-state index contributed by atoms with van der Waals surface area (Å²) in [6.07, 6.45) is -3.45. The molecular weight excluding hydrogens is 366 g/mol. The number of hydrogen-bond acceptors (Lipinski definition) is 4. The van der Waals surface area contributed by atoms with Gasteiger partial charge in [-0.3, -0.25) is 4.79 Å². The van der Waals surface area contributed by atoms with Crippen LogP contribution in [0, 0.1) is 19.7 Å². The van der Waals surface area contributed by atoms with Gasteiger partial charge in [-0.15, -0.1) is 0 Å². The zero-order chi connectivity index (χ0) is 19.8. The smallest absolute Gasteiger partial charge is 0.438 e. The first-order chi connectivity index (χ1) is 12.7. The third kappa shape index (κ3) is 3.81. The molecule has 1 N–H and O–H groups in total. The molecule has 3 aromatic rings. The Labute approximate surface area is 151 Å². The summed E-state index contributed by atoms with van der Waals surface area (Å²) in [6.45, 7) is 2.95. The number of nitrogens with zero attached hydrogens (tertiary/aromatic N) is 2. The topological polar surface area (TPSA) is 68.0 Å². The fourth-order valence-electron chi connectivity index (χ4n) is 2.49. The first-order valence-electron chi connectivity index (χ1n) is 7.74. The van der Waals surface area contributed by atoms with Crippen LogP contribution in [-0.4, -0.2) is 15.9 Å². The lowest BCUT2D eigenvalue weighted by atomic mass is 10.1. The minimum absolute atomic E-state index is 0.00218. The van der Waals surface area contributed by atoms with Gasteiger partial charge in [0.05, 0.1) is 5.56 Å². The Kier molecular flexibility index (Phi) is 4.69. The van der Waals surface area contributed by atoms with Gasteiger partial charge in [0.25, 0.3) is 5.91 Å². The molecule has 1 amide bonds. The van der Waals surface area contributed by atoms with E-state index in [0.29, 0.717) is 5.56 Å². The first-order valence-corrected chi connectivity index (χ1v) is 7.74. The second-order valence-corrected chi connectivity index (χ2v) is 5.74. The number of alkyl halides is 3. The van der Waals surface area contributed by atoms with E-state index in [-0.39, 0.29) is 28.4 Å². The van der Waals surface area contributed by atoms with Crippen LogP contribution in [0.2, 0.25) is 0 Å². The number of rotatable bonds is 3. The number of amides is 1. The number of aromatic nitrogens is 2. The molecule has 3 rings (SSSR count). The van der Waals surface area contributed by atoms with Crippen molar-refractivity contribution in [3.8, 4) is 11.3 Å². The maximum Gasteiger partial charge on any atom is 0.468 e. The highest BCUT2D eigenvalue weighted by Crippen LogP contribution is 2.33. The Morgan fingerprint density at radius 2 is 1.89 bits per heavy atom. The van der Waals surface area contributed by atoms with Gasteiger partial charge in [0.1, 0.15) is 23.1 Å². The average molecular weight is 379 g/mol. The van der Waals surface area contributed by atoms with Gasteiger partial charge in [0.2, 0.25) is 0 Å². The molecule has 0 aliphatic heterocycles. The fraction of sp³-hybridized carbons (Fsp3) is 0.167. The quantitative estimate of drug-likeness (QED) is 0.666. The summed E-state index contributed by atoms with van der Waals surface area (Å²) in [5, 5.41) is 2.45. The SMILES string of the molecule is Cc1cccc(F)c1C(=O)Nc1ccc(-c2nc(C(F)(F)F)oc2C)cn1. The molecule has 0 atom stereocenters. The predicted octanol–water partition coefficient (Wildman–Crippen LogP) is 4.76. The Hall–Kier alpha value is -3.23. The number of carbonyl (C=O) groups is 1. The molecular formula is C18H13F4N3O2. The van der Waals surface area contributed by atoms with Crippen LogP contribution in [0.4, 0.5) is 23.4 Å². The molecule has 0 spiro atoms. The summed E-state index contributed by atoms with van der Waals surface area (Å²) < 4.78 is 56.5. The molecule has 0 bridgehead atoms. The van der Waals surface area contributed by atoms with E-state index in [1.165, 1.54) is 37.4 Å². The minimum atomic E-state index is -4.69. The Balaban J connectivity index is 1.82. The molecule has 0 unspecified atom stereocenters. The van der Waals surface area contributed by atoms with Crippen molar-refractivity contribution in [1.29, 1.82) is 0 Å². The Morgan fingerprint density at radius 3 is 2.44 bits per heavy atom. The van der Waals surface area contributed by atoms with Gasteiger partial charge in [-0.2, -0.15) is 13.2 Å². The largest absolute Gasteiger partial charge is 0.468 e. The second kappa shape index (κ2) is 6.82. The molecule has 0 fully saturated rings. The van der Waals surface area contributed by atoms with E-state index in [1.54, 1.807) is 13.0 Å². The molecule has 0 radical (unpaired) electrons. The van der Waals surface area contributed by atoms with E-state index in [9.17, 15) is 22.4 Å². The van der Waals surface area contributed by atoms with Crippen molar-refractivity contribution >= 4 is 11.7 Å². The van der Waals surface area contributed by atoms with Gasteiger partial charge >= 0.3 is 12.1 Å². The summed E-state index contributed by atoms with van der Waals surface area (Å²) >= 11 is 0. The predicted molar refractivity (Wildman–Crippen MR) is 88.6 cm³/mol. The number of hydrogen-bond donors (Lipinski definition) is 1. The van der Waals surface area contributed by atoms with Crippen molar-refractivity contribution in [3.05, 3.63) is 65.1 Å². The van der Waals surface area contributed by atoms with Crippen molar-refractivity contribution in [2.45, 2.75) is 20.0 Å². The van der Waals surface area contributed by atoms with Gasteiger partial charge < -0.3 is 9.73 Å². The van der Waals surface area contributed by atoms with Crippen LogP contribution in [0.25, 0.3) is 11.3 Å². The number of aryl methyl sites for hydroxylation is 2. The van der Waals surface area contributed by atoms with Crippen LogP contribution in [0.1, 0.15) is 27.6 Å². The highest BCUT2D eigenvalue weighted by atomic mass is 19.4. The maximum absolute atomic E-state index is 13.8. The summed E-state index contributed by atoms with van der Waals surface area (Å²) in [4.78, 5) is 19.7. The second-order valence-electron chi connectivity index (χ2n) is 5.74. The molecule has 1 aromatic carbocycles. The molecule has 2 aromatic heterocycles. The zero-order valence-corrected chi connectivity index (χ0v) is 14.2. The van der Waals surface area contributed by atoms with E-state index < -0.39 is 23.8 Å². The van der Waals surface area contributed by atoms with Crippen LogP contribution >= 0.6 is 0 Å². The highest BCUT2D eigenvalue weighted by molar-refractivity contribution is 6.05. The molecule has 0 saturated carbocycles. The molecule has 2 heterocycles. The van der Waals surface area contributed by atoms with Gasteiger partial charge in [-0.05, 0) is 37.6 Å².